The minimum Gasteiger partial charge on any atom is -0.280 e. The van der Waals surface area contributed by atoms with Crippen LogP contribution in [-0.4, -0.2) is 23.3 Å². The number of fused-ring (bicyclic) bond motifs is 1. The Balaban J connectivity index is 2.79. The second kappa shape index (κ2) is 1.21. The molecule has 0 saturated carbocycles. The van der Waals surface area contributed by atoms with Crippen molar-refractivity contribution in [2.24, 2.45) is 9.98 Å². The van der Waals surface area contributed by atoms with Crippen LogP contribution in [0.2, 0.25) is 0 Å². The first-order valence-corrected chi connectivity index (χ1v) is 2.58. The van der Waals surface area contributed by atoms with E-state index in [0.717, 1.165) is 24.1 Å². The van der Waals surface area contributed by atoms with Crippen LogP contribution in [0, 0.1) is 0 Å². The van der Waals surface area contributed by atoms with Crippen molar-refractivity contribution in [3.05, 3.63) is 11.0 Å². The van der Waals surface area contributed by atoms with Gasteiger partial charge < -0.3 is 0 Å². The molecule has 1 aromatic heterocycles. The van der Waals surface area contributed by atoms with Gasteiger partial charge in [-0.2, -0.15) is 0 Å². The zero-order chi connectivity index (χ0) is 5.40. The molecule has 0 bridgehead atoms. The quantitative estimate of drug-likeness (QED) is 0.412. The Morgan fingerprint density at radius 2 is 1.50 bits per heavy atom. The molecule has 4 nitrogen and oxygen atoms in total. The molecule has 1 aliphatic heterocycles. The molecule has 0 amide bonds. The van der Waals surface area contributed by atoms with Crippen molar-refractivity contribution in [3.63, 3.8) is 0 Å². The van der Waals surface area contributed by atoms with Gasteiger partial charge in [-0.05, 0) is 0 Å². The molecule has 4 heteroatoms. The molecule has 42 valence electrons. The summed E-state index contributed by atoms with van der Waals surface area (Å²) >= 11 is 0. The maximum absolute atomic E-state index is 4.11. The second-order valence-electron chi connectivity index (χ2n) is 1.71. The maximum atomic E-state index is 4.11. The van der Waals surface area contributed by atoms with E-state index in [2.05, 4.69) is 20.2 Å². The number of hydrogen-bond acceptors (Lipinski definition) is 2. The number of aromatic nitrogens is 2. The summed E-state index contributed by atoms with van der Waals surface area (Å²) in [6.45, 7) is 1.65. The largest absolute Gasteiger partial charge is 0.280 e. The topological polar surface area (TPSA) is 56.3 Å². The lowest BCUT2D eigenvalue weighted by molar-refractivity contribution is 0.702. The van der Waals surface area contributed by atoms with E-state index in [-0.39, 0.29) is 0 Å². The maximum Gasteiger partial charge on any atom is 0.184 e. The number of aromatic amines is 2. The molecular weight excluding hydrogens is 104 g/mol. The van der Waals surface area contributed by atoms with Gasteiger partial charge in [-0.15, -0.1) is 0 Å². The molecule has 0 radical (unpaired) electrons. The van der Waals surface area contributed by atoms with Crippen molar-refractivity contribution in [1.82, 2.24) is 10.2 Å². The van der Waals surface area contributed by atoms with Crippen molar-refractivity contribution < 1.29 is 0 Å². The Morgan fingerprint density at radius 1 is 1.00 bits per heavy atom. The van der Waals surface area contributed by atoms with E-state index < -0.39 is 0 Å². The molecule has 1 aliphatic rings. The summed E-state index contributed by atoms with van der Waals surface area (Å²) in [6.07, 6.45) is 0. The number of nitrogens with zero attached hydrogens (tertiary/aromatic N) is 2. The van der Waals surface area contributed by atoms with Crippen LogP contribution in [0.25, 0.3) is 0 Å². The van der Waals surface area contributed by atoms with Gasteiger partial charge in [0.1, 0.15) is 0 Å². The van der Waals surface area contributed by atoms with Gasteiger partial charge in [0, 0.05) is 0 Å². The molecule has 2 rings (SSSR count). The normalized spacial score (nSPS) is 16.5. The summed E-state index contributed by atoms with van der Waals surface area (Å²) in [7, 11) is 0. The van der Waals surface area contributed by atoms with Crippen molar-refractivity contribution >= 4 is 0 Å². The molecule has 0 aromatic carbocycles. The van der Waals surface area contributed by atoms with E-state index in [4.69, 9.17) is 0 Å². The van der Waals surface area contributed by atoms with E-state index in [1.807, 2.05) is 0 Å². The Kier molecular flexibility index (Phi) is 0.588. The minimum atomic E-state index is 0.827. The van der Waals surface area contributed by atoms with Gasteiger partial charge in [-0.1, -0.05) is 0 Å². The fourth-order valence-corrected chi connectivity index (χ4v) is 0.727. The monoisotopic (exact) mass is 110 g/mol. The molecule has 0 unspecified atom stereocenters. The van der Waals surface area contributed by atoms with Crippen LogP contribution >= 0.6 is 0 Å². The fraction of sp³-hybridized carbons (Fsp3) is 0.500. The molecule has 0 aliphatic carbocycles. The van der Waals surface area contributed by atoms with Crippen LogP contribution in [0.5, 0.6) is 0 Å². The predicted octanol–water partition coefficient (Wildman–Crippen LogP) is -1.40. The molecule has 0 spiro atoms. The van der Waals surface area contributed by atoms with Crippen LogP contribution in [0.15, 0.2) is 9.98 Å². The fourth-order valence-electron chi connectivity index (χ4n) is 0.727. The van der Waals surface area contributed by atoms with Gasteiger partial charge in [0.15, 0.2) is 11.0 Å². The van der Waals surface area contributed by atoms with Crippen LogP contribution < -0.4 is 11.0 Å². The second-order valence-corrected chi connectivity index (χ2v) is 1.71. The van der Waals surface area contributed by atoms with E-state index in [1.165, 1.54) is 0 Å². The Labute approximate surface area is 45.3 Å². The van der Waals surface area contributed by atoms with Gasteiger partial charge >= 0.3 is 0 Å². The van der Waals surface area contributed by atoms with Crippen molar-refractivity contribution in [2.75, 3.05) is 13.1 Å². The van der Waals surface area contributed by atoms with Gasteiger partial charge in [-0.3, -0.25) is 20.2 Å². The van der Waals surface area contributed by atoms with Gasteiger partial charge in [0.05, 0.1) is 13.1 Å². The molecule has 8 heavy (non-hydrogen) atoms. The molecule has 0 saturated heterocycles. The minimum absolute atomic E-state index is 0.827. The van der Waals surface area contributed by atoms with Crippen molar-refractivity contribution in [3.8, 4) is 0 Å². The number of H-pyrrole nitrogens is 2. The molecular formula is C4H6N4. The summed E-state index contributed by atoms with van der Waals surface area (Å²) in [5.74, 6) is 0. The lowest BCUT2D eigenvalue weighted by Crippen LogP contribution is -2.43. The highest BCUT2D eigenvalue weighted by molar-refractivity contribution is 4.74. The summed E-state index contributed by atoms with van der Waals surface area (Å²) in [4.78, 5) is 8.22. The van der Waals surface area contributed by atoms with E-state index >= 15 is 0 Å². The third-order valence-corrected chi connectivity index (χ3v) is 1.16. The molecule has 2 heterocycles. The van der Waals surface area contributed by atoms with Gasteiger partial charge in [0.2, 0.25) is 0 Å². The Morgan fingerprint density at radius 3 is 1.75 bits per heavy atom. The van der Waals surface area contributed by atoms with Crippen molar-refractivity contribution in [1.29, 1.82) is 0 Å². The average Bonchev–Trinajstić information content (AvgIpc) is 1.72. The third-order valence-electron chi connectivity index (χ3n) is 1.16. The number of nitrogens with one attached hydrogen (secondary N) is 2. The lowest BCUT2D eigenvalue weighted by atomic mass is 10.6. The average molecular weight is 110 g/mol. The first-order chi connectivity index (χ1) is 3.97. The van der Waals surface area contributed by atoms with E-state index in [1.54, 1.807) is 0 Å². The molecule has 0 fully saturated rings. The highest BCUT2D eigenvalue weighted by Gasteiger charge is 1.95. The SMILES string of the molecule is C1CN=c2[nH][nH]c2=N1. The van der Waals surface area contributed by atoms with Gasteiger partial charge in [-0.25, -0.2) is 0 Å². The van der Waals surface area contributed by atoms with Crippen molar-refractivity contribution in [2.45, 2.75) is 0 Å². The number of hydrogen-bond donors (Lipinski definition) is 2. The lowest BCUT2D eigenvalue weighted by Gasteiger charge is -2.00. The van der Waals surface area contributed by atoms with Crippen LogP contribution in [0.3, 0.4) is 0 Å². The third kappa shape index (κ3) is 0.344. The molecule has 1 aromatic rings. The summed E-state index contributed by atoms with van der Waals surface area (Å²) in [5, 5.41) is 5.63. The Hall–Kier alpha value is -1.06. The smallest absolute Gasteiger partial charge is 0.184 e. The zero-order valence-corrected chi connectivity index (χ0v) is 4.31. The Bertz CT molecular complexity index is 248. The van der Waals surface area contributed by atoms with Gasteiger partial charge in [0.25, 0.3) is 0 Å². The first-order valence-electron chi connectivity index (χ1n) is 2.58. The summed E-state index contributed by atoms with van der Waals surface area (Å²) in [6, 6.07) is 0. The highest BCUT2D eigenvalue weighted by atomic mass is 15.2. The van der Waals surface area contributed by atoms with Crippen LogP contribution in [-0.2, 0) is 0 Å². The highest BCUT2D eigenvalue weighted by Crippen LogP contribution is 1.71. The predicted molar refractivity (Wildman–Crippen MR) is 27.2 cm³/mol. The van der Waals surface area contributed by atoms with E-state index in [9.17, 15) is 0 Å². The van der Waals surface area contributed by atoms with Crippen LogP contribution in [0.1, 0.15) is 0 Å². The summed E-state index contributed by atoms with van der Waals surface area (Å²) < 4.78 is 0. The summed E-state index contributed by atoms with van der Waals surface area (Å²) in [5.41, 5.74) is 1.83. The standard InChI is InChI=1S/C4H6N4/c1-2-6-4-3(5-1)7-8-4/h1-2H2,(H,5,7)(H,6,8). The molecule has 2 N–H and O–H groups in total. The zero-order valence-electron chi connectivity index (χ0n) is 4.31. The first kappa shape index (κ1) is 3.88. The molecule has 0 atom stereocenters. The number of rotatable bonds is 0. The van der Waals surface area contributed by atoms with Crippen LogP contribution in [0.4, 0.5) is 0 Å². The van der Waals surface area contributed by atoms with E-state index in [0.29, 0.717) is 0 Å².